The van der Waals surface area contributed by atoms with Crippen LogP contribution >= 0.6 is 10.7 Å². The fraction of sp³-hybridized carbons (Fsp3) is 0. The molecule has 0 spiro atoms. The van der Waals surface area contributed by atoms with E-state index in [1.165, 1.54) is 12.1 Å². The van der Waals surface area contributed by atoms with Crippen LogP contribution in [0.2, 0.25) is 0 Å². The van der Waals surface area contributed by atoms with E-state index in [-0.39, 0.29) is 4.90 Å². The Kier molecular flexibility index (Phi) is 2.68. The van der Waals surface area contributed by atoms with Gasteiger partial charge in [-0.3, -0.25) is 0 Å². The Bertz CT molecular complexity index is 354. The van der Waals surface area contributed by atoms with E-state index in [1.807, 2.05) is 0 Å². The number of benzene rings is 1. The Morgan fingerprint density at radius 3 is 1.86 bits per heavy atom. The summed E-state index contributed by atoms with van der Waals surface area (Å²) in [5.74, 6) is 0. The summed E-state index contributed by atoms with van der Waals surface area (Å²) in [6.45, 7) is 0. The molecule has 1 aromatic rings. The highest BCUT2D eigenvalue weighted by molar-refractivity contribution is 8.18. The second-order valence-corrected chi connectivity index (χ2v) is 4.38. The van der Waals surface area contributed by atoms with Crippen LogP contribution in [-0.2, 0) is 0 Å². The van der Waals surface area contributed by atoms with E-state index in [4.69, 9.17) is 0 Å². The molecular formula is C6H6N2O5S. The van der Waals surface area contributed by atoms with Crippen molar-refractivity contribution in [2.75, 3.05) is 0 Å². The molecule has 0 aliphatic carbocycles. The SMILES string of the molecule is O=[N+]([O-])S(O)(c1ccccc1)[N+](=O)[O-]. The highest BCUT2D eigenvalue weighted by atomic mass is 32.3. The highest BCUT2D eigenvalue weighted by Crippen LogP contribution is 2.51. The van der Waals surface area contributed by atoms with Crippen LogP contribution in [0, 0.1) is 20.2 Å². The molecule has 0 aliphatic heterocycles. The van der Waals surface area contributed by atoms with Crippen molar-refractivity contribution in [3.63, 3.8) is 0 Å². The molecule has 0 unspecified atom stereocenters. The van der Waals surface area contributed by atoms with Gasteiger partial charge in [0.15, 0.2) is 13.6 Å². The van der Waals surface area contributed by atoms with E-state index in [9.17, 15) is 24.8 Å². The number of nitro groups is 2. The van der Waals surface area contributed by atoms with E-state index in [1.54, 1.807) is 6.07 Å². The van der Waals surface area contributed by atoms with E-state index in [0.717, 1.165) is 12.1 Å². The van der Waals surface area contributed by atoms with Crippen LogP contribution in [0.15, 0.2) is 35.2 Å². The van der Waals surface area contributed by atoms with Gasteiger partial charge in [-0.15, -0.1) is 0 Å². The van der Waals surface area contributed by atoms with E-state index in [2.05, 4.69) is 0 Å². The third kappa shape index (κ3) is 1.52. The van der Waals surface area contributed by atoms with Gasteiger partial charge in [-0.05, 0) is 12.1 Å². The molecule has 8 heteroatoms. The summed E-state index contributed by atoms with van der Waals surface area (Å²) < 4.78 is 6.80. The maximum absolute atomic E-state index is 10.4. The summed E-state index contributed by atoms with van der Waals surface area (Å²) >= 11 is 0. The Morgan fingerprint density at radius 1 is 1.07 bits per heavy atom. The Morgan fingerprint density at radius 2 is 1.50 bits per heavy atom. The number of hydrogen-bond acceptors (Lipinski definition) is 5. The van der Waals surface area contributed by atoms with Crippen molar-refractivity contribution >= 4 is 10.7 Å². The van der Waals surface area contributed by atoms with Gasteiger partial charge < -0.3 is 0 Å². The van der Waals surface area contributed by atoms with Crippen molar-refractivity contribution in [1.29, 1.82) is 0 Å². The molecule has 0 saturated carbocycles. The van der Waals surface area contributed by atoms with Gasteiger partial charge in [-0.1, -0.05) is 18.2 Å². The summed E-state index contributed by atoms with van der Waals surface area (Å²) in [6.07, 6.45) is 0. The zero-order chi connectivity index (χ0) is 10.8. The number of rotatable bonds is 3. The van der Waals surface area contributed by atoms with E-state index >= 15 is 0 Å². The molecule has 0 bridgehead atoms. The zero-order valence-corrected chi connectivity index (χ0v) is 7.59. The number of hydrogen-bond donors (Lipinski definition) is 1. The minimum atomic E-state index is -4.21. The second kappa shape index (κ2) is 3.60. The summed E-state index contributed by atoms with van der Waals surface area (Å²) in [7, 11) is -4.21. The first-order valence-electron chi connectivity index (χ1n) is 3.39. The summed E-state index contributed by atoms with van der Waals surface area (Å²) in [5, 5.41) is 20.8. The van der Waals surface area contributed by atoms with Crippen LogP contribution in [0.25, 0.3) is 0 Å². The monoisotopic (exact) mass is 218 g/mol. The molecule has 1 rings (SSSR count). The highest BCUT2D eigenvalue weighted by Gasteiger charge is 2.50. The van der Waals surface area contributed by atoms with E-state index in [0.29, 0.717) is 0 Å². The Hall–Kier alpha value is -1.67. The normalized spacial score (nSPS) is 12.1. The van der Waals surface area contributed by atoms with Gasteiger partial charge in [-0.25, -0.2) is 24.8 Å². The van der Waals surface area contributed by atoms with Crippen LogP contribution in [0.3, 0.4) is 0 Å². The summed E-state index contributed by atoms with van der Waals surface area (Å²) in [5.41, 5.74) is 0. The molecule has 7 nitrogen and oxygen atoms in total. The standard InChI is InChI=1S/C6H6N2O5S/c9-7(10)14(13,8(11)12)6-4-2-1-3-5-6/h1-5,13H. The van der Waals surface area contributed by atoms with Gasteiger partial charge >= 0.3 is 10.7 Å². The zero-order valence-electron chi connectivity index (χ0n) is 6.77. The quantitative estimate of drug-likeness (QED) is 0.613. The van der Waals surface area contributed by atoms with Crippen LogP contribution in [-0.4, -0.2) is 13.2 Å². The first kappa shape index (κ1) is 10.4. The van der Waals surface area contributed by atoms with Crippen LogP contribution in [0.1, 0.15) is 0 Å². The third-order valence-corrected chi connectivity index (χ3v) is 3.21. The van der Waals surface area contributed by atoms with Crippen molar-refractivity contribution in [2.24, 2.45) is 0 Å². The summed E-state index contributed by atoms with van der Waals surface area (Å²) in [4.78, 5) is 20.5. The van der Waals surface area contributed by atoms with Gasteiger partial charge in [0, 0.05) is 0 Å². The molecule has 1 aromatic carbocycles. The van der Waals surface area contributed by atoms with E-state index < -0.39 is 19.3 Å². The molecular weight excluding hydrogens is 212 g/mol. The largest absolute Gasteiger partial charge is 0.436 e. The van der Waals surface area contributed by atoms with Crippen LogP contribution < -0.4 is 0 Å². The fourth-order valence-corrected chi connectivity index (χ4v) is 1.81. The first-order chi connectivity index (χ1) is 6.49. The third-order valence-electron chi connectivity index (χ3n) is 1.48. The van der Waals surface area contributed by atoms with Crippen molar-refractivity contribution in [3.8, 4) is 0 Å². The molecule has 0 amide bonds. The second-order valence-electron chi connectivity index (χ2n) is 2.28. The van der Waals surface area contributed by atoms with Gasteiger partial charge in [0.25, 0.3) is 0 Å². The van der Waals surface area contributed by atoms with Crippen molar-refractivity contribution in [2.45, 2.75) is 4.90 Å². The average Bonchev–Trinajstić information content (AvgIpc) is 2.17. The molecule has 0 radical (unpaired) electrons. The Balaban J connectivity index is 3.27. The fourth-order valence-electron chi connectivity index (χ4n) is 0.830. The molecule has 76 valence electrons. The molecule has 0 aliphatic rings. The average molecular weight is 218 g/mol. The van der Waals surface area contributed by atoms with Gasteiger partial charge in [0.1, 0.15) is 0 Å². The topological polar surface area (TPSA) is 107 Å². The summed E-state index contributed by atoms with van der Waals surface area (Å²) in [6, 6.07) is 6.63. The molecule has 0 saturated heterocycles. The predicted octanol–water partition coefficient (Wildman–Crippen LogP) is 1.71. The predicted molar refractivity (Wildman–Crippen MR) is 48.9 cm³/mol. The lowest BCUT2D eigenvalue weighted by Crippen LogP contribution is -2.18. The van der Waals surface area contributed by atoms with Gasteiger partial charge in [0.05, 0.1) is 0 Å². The molecule has 14 heavy (non-hydrogen) atoms. The molecule has 0 fully saturated rings. The minimum Gasteiger partial charge on any atom is -0.245 e. The number of nitrogens with zero attached hydrogens (tertiary/aromatic N) is 2. The lowest BCUT2D eigenvalue weighted by Gasteiger charge is -2.12. The van der Waals surface area contributed by atoms with Crippen molar-refractivity contribution < 1.29 is 13.2 Å². The van der Waals surface area contributed by atoms with Crippen molar-refractivity contribution in [1.82, 2.24) is 0 Å². The molecule has 1 N–H and O–H groups in total. The molecule has 0 aromatic heterocycles. The molecule has 0 atom stereocenters. The molecule has 0 heterocycles. The first-order valence-corrected chi connectivity index (χ1v) is 4.90. The smallest absolute Gasteiger partial charge is 0.245 e. The lowest BCUT2D eigenvalue weighted by atomic mass is 10.4. The van der Waals surface area contributed by atoms with Crippen LogP contribution in [0.4, 0.5) is 0 Å². The Labute approximate surface area is 80.1 Å². The van der Waals surface area contributed by atoms with Crippen molar-refractivity contribution in [3.05, 3.63) is 50.6 Å². The van der Waals surface area contributed by atoms with Gasteiger partial charge in [0.2, 0.25) is 0 Å². The maximum Gasteiger partial charge on any atom is 0.436 e. The van der Waals surface area contributed by atoms with Gasteiger partial charge in [-0.2, -0.15) is 0 Å². The minimum absolute atomic E-state index is 0.296. The lowest BCUT2D eigenvalue weighted by molar-refractivity contribution is -0.426. The van der Waals surface area contributed by atoms with Crippen LogP contribution in [0.5, 0.6) is 0 Å². The maximum atomic E-state index is 10.4.